The summed E-state index contributed by atoms with van der Waals surface area (Å²) in [6, 6.07) is 4.63. The van der Waals surface area contributed by atoms with Gasteiger partial charge in [0.25, 0.3) is 0 Å². The highest BCUT2D eigenvalue weighted by Crippen LogP contribution is 2.42. The molecule has 0 bridgehead atoms. The van der Waals surface area contributed by atoms with Crippen LogP contribution in [0.15, 0.2) is 12.1 Å². The topological polar surface area (TPSA) is 12.0 Å². The van der Waals surface area contributed by atoms with E-state index < -0.39 is 0 Å². The number of thiophene rings is 1. The fourth-order valence-electron chi connectivity index (χ4n) is 2.11. The van der Waals surface area contributed by atoms with Crippen molar-refractivity contribution in [2.75, 3.05) is 12.3 Å². The van der Waals surface area contributed by atoms with Crippen LogP contribution in [0.4, 0.5) is 0 Å². The van der Waals surface area contributed by atoms with Crippen molar-refractivity contribution in [3.63, 3.8) is 0 Å². The molecule has 18 heavy (non-hydrogen) atoms. The molecule has 1 N–H and O–H groups in total. The lowest BCUT2D eigenvalue weighted by Gasteiger charge is -2.35. The Bertz CT molecular complexity index is 382. The van der Waals surface area contributed by atoms with Crippen LogP contribution in [0.1, 0.15) is 31.7 Å². The molecule has 0 aromatic carbocycles. The molecule has 4 atom stereocenters. The van der Waals surface area contributed by atoms with E-state index in [2.05, 4.69) is 55.7 Å². The van der Waals surface area contributed by atoms with Crippen molar-refractivity contribution in [3.05, 3.63) is 21.3 Å². The van der Waals surface area contributed by atoms with Crippen molar-refractivity contribution in [3.8, 4) is 0 Å². The molecule has 4 unspecified atom stereocenters. The second-order valence-corrected chi connectivity index (χ2v) is 9.37. The van der Waals surface area contributed by atoms with Crippen molar-refractivity contribution in [2.45, 2.75) is 42.6 Å². The normalized spacial score (nSPS) is 30.3. The van der Waals surface area contributed by atoms with Gasteiger partial charge >= 0.3 is 0 Å². The molecule has 1 aromatic rings. The molecule has 1 nitrogen and oxygen atoms in total. The Balaban J connectivity index is 2.10. The molecule has 102 valence electrons. The van der Waals surface area contributed by atoms with Gasteiger partial charge in [-0.2, -0.15) is 23.5 Å². The summed E-state index contributed by atoms with van der Waals surface area (Å²) in [7, 11) is 0. The van der Waals surface area contributed by atoms with Crippen molar-refractivity contribution < 1.29 is 0 Å². The van der Waals surface area contributed by atoms with E-state index in [1.54, 1.807) is 11.3 Å². The maximum atomic E-state index is 6.07. The third-order valence-corrected chi connectivity index (χ3v) is 8.08. The molecule has 5 heteroatoms. The summed E-state index contributed by atoms with van der Waals surface area (Å²) in [6.45, 7) is 7.86. The minimum atomic E-state index is 0.444. The predicted molar refractivity (Wildman–Crippen MR) is 88.5 cm³/mol. The Kier molecular flexibility index (Phi) is 5.76. The summed E-state index contributed by atoms with van der Waals surface area (Å²) in [5.74, 6) is 1.23. The summed E-state index contributed by atoms with van der Waals surface area (Å²) >= 11 is 12.0. The summed E-state index contributed by atoms with van der Waals surface area (Å²) in [4.78, 5) is 1.38. The fourth-order valence-corrected chi connectivity index (χ4v) is 6.51. The highest BCUT2D eigenvalue weighted by atomic mass is 35.5. The van der Waals surface area contributed by atoms with E-state index in [4.69, 9.17) is 11.6 Å². The zero-order chi connectivity index (χ0) is 13.1. The minimum absolute atomic E-state index is 0.444. The van der Waals surface area contributed by atoms with Crippen LogP contribution < -0.4 is 5.32 Å². The van der Waals surface area contributed by atoms with Crippen LogP contribution in [0, 0.1) is 0 Å². The number of thioether (sulfide) groups is 2. The van der Waals surface area contributed by atoms with E-state index in [1.807, 2.05) is 6.07 Å². The van der Waals surface area contributed by atoms with E-state index in [0.717, 1.165) is 21.4 Å². The summed E-state index contributed by atoms with van der Waals surface area (Å²) in [5.41, 5.74) is 0. The van der Waals surface area contributed by atoms with Gasteiger partial charge in [-0.05, 0) is 18.7 Å². The Hall–Kier alpha value is 0.650. The second-order valence-electron chi connectivity index (χ2n) is 4.60. The number of hydrogen-bond donors (Lipinski definition) is 1. The highest BCUT2D eigenvalue weighted by Gasteiger charge is 2.32. The van der Waals surface area contributed by atoms with Gasteiger partial charge in [0.05, 0.1) is 10.4 Å². The molecule has 0 saturated carbocycles. The lowest BCUT2D eigenvalue weighted by atomic mass is 10.2. The van der Waals surface area contributed by atoms with Gasteiger partial charge in [0.15, 0.2) is 0 Å². The molecule has 0 radical (unpaired) electrons. The van der Waals surface area contributed by atoms with Crippen LogP contribution in [0.2, 0.25) is 4.34 Å². The van der Waals surface area contributed by atoms with E-state index in [9.17, 15) is 0 Å². The van der Waals surface area contributed by atoms with Crippen LogP contribution in [0.5, 0.6) is 0 Å². The summed E-state index contributed by atoms with van der Waals surface area (Å²) < 4.78 is 0.891. The lowest BCUT2D eigenvalue weighted by molar-refractivity contribution is 0.556. The average Bonchev–Trinajstić information content (AvgIpc) is 2.76. The van der Waals surface area contributed by atoms with Gasteiger partial charge in [0.1, 0.15) is 0 Å². The molecule has 1 aliphatic heterocycles. The first-order valence-electron chi connectivity index (χ1n) is 6.37. The van der Waals surface area contributed by atoms with Crippen molar-refractivity contribution in [1.82, 2.24) is 5.32 Å². The monoisotopic (exact) mass is 321 g/mol. The Morgan fingerprint density at radius 3 is 2.72 bits per heavy atom. The Morgan fingerprint density at radius 2 is 2.17 bits per heavy atom. The molecule has 0 aliphatic carbocycles. The Labute approximate surface area is 127 Å². The van der Waals surface area contributed by atoms with Gasteiger partial charge < -0.3 is 5.32 Å². The van der Waals surface area contributed by atoms with Crippen LogP contribution in [-0.4, -0.2) is 28.0 Å². The lowest BCUT2D eigenvalue weighted by Crippen LogP contribution is -2.36. The quantitative estimate of drug-likeness (QED) is 0.865. The van der Waals surface area contributed by atoms with Gasteiger partial charge in [-0.3, -0.25) is 0 Å². The molecular weight excluding hydrogens is 302 g/mol. The maximum Gasteiger partial charge on any atom is 0.0931 e. The van der Waals surface area contributed by atoms with Gasteiger partial charge in [0, 0.05) is 26.4 Å². The Morgan fingerprint density at radius 1 is 1.39 bits per heavy atom. The third kappa shape index (κ3) is 3.60. The molecule has 1 aliphatic rings. The predicted octanol–water partition coefficient (Wildman–Crippen LogP) is 4.68. The SMILES string of the molecule is CCNC(c1ccc(Cl)s1)C1CSC(C)C(C)S1. The number of rotatable bonds is 4. The summed E-state index contributed by atoms with van der Waals surface area (Å²) in [5, 5.41) is 5.78. The number of hydrogen-bond acceptors (Lipinski definition) is 4. The van der Waals surface area contributed by atoms with Gasteiger partial charge in [-0.1, -0.05) is 32.4 Å². The molecule has 1 saturated heterocycles. The second kappa shape index (κ2) is 6.89. The van der Waals surface area contributed by atoms with E-state index >= 15 is 0 Å². The molecule has 1 fully saturated rings. The maximum absolute atomic E-state index is 6.07. The van der Waals surface area contributed by atoms with E-state index in [0.29, 0.717) is 11.3 Å². The standard InChI is InChI=1S/C13H20ClNS3/c1-4-15-13(10-5-6-12(14)18-10)11-7-16-8(2)9(3)17-11/h5-6,8-9,11,13,15H,4,7H2,1-3H3. The molecule has 2 heterocycles. The molecule has 2 rings (SSSR count). The third-order valence-electron chi connectivity index (χ3n) is 3.27. The van der Waals surface area contributed by atoms with Gasteiger partial charge in [0.2, 0.25) is 0 Å². The smallest absolute Gasteiger partial charge is 0.0931 e. The van der Waals surface area contributed by atoms with E-state index in [-0.39, 0.29) is 0 Å². The van der Waals surface area contributed by atoms with Crippen molar-refractivity contribution in [1.29, 1.82) is 0 Å². The van der Waals surface area contributed by atoms with Gasteiger partial charge in [-0.15, -0.1) is 11.3 Å². The zero-order valence-corrected chi connectivity index (χ0v) is 14.2. The fraction of sp³-hybridized carbons (Fsp3) is 0.692. The number of halogens is 1. The van der Waals surface area contributed by atoms with Gasteiger partial charge in [-0.25, -0.2) is 0 Å². The molecule has 0 spiro atoms. The largest absolute Gasteiger partial charge is 0.309 e. The zero-order valence-electron chi connectivity index (χ0n) is 11.0. The molecular formula is C13H20ClNS3. The van der Waals surface area contributed by atoms with Crippen LogP contribution in [0.3, 0.4) is 0 Å². The first-order chi connectivity index (χ1) is 8.61. The molecule has 1 aromatic heterocycles. The van der Waals surface area contributed by atoms with Crippen LogP contribution in [0.25, 0.3) is 0 Å². The van der Waals surface area contributed by atoms with Crippen molar-refractivity contribution >= 4 is 46.5 Å². The minimum Gasteiger partial charge on any atom is -0.309 e. The van der Waals surface area contributed by atoms with Crippen LogP contribution >= 0.6 is 46.5 Å². The summed E-state index contributed by atoms with van der Waals surface area (Å²) in [6.07, 6.45) is 0. The van der Waals surface area contributed by atoms with E-state index in [1.165, 1.54) is 10.6 Å². The van der Waals surface area contributed by atoms with Crippen LogP contribution in [-0.2, 0) is 0 Å². The molecule has 0 amide bonds. The highest BCUT2D eigenvalue weighted by molar-refractivity contribution is 8.07. The number of nitrogens with one attached hydrogen (secondary N) is 1. The average molecular weight is 322 g/mol. The van der Waals surface area contributed by atoms with Crippen molar-refractivity contribution in [2.24, 2.45) is 0 Å². The first kappa shape index (κ1) is 15.0. The first-order valence-corrected chi connectivity index (χ1v) is 9.56.